The van der Waals surface area contributed by atoms with E-state index in [9.17, 15) is 13.2 Å². The van der Waals surface area contributed by atoms with Crippen LogP contribution < -0.4 is 14.8 Å². The first-order chi connectivity index (χ1) is 12.5. The van der Waals surface area contributed by atoms with Crippen LogP contribution in [0.4, 0.5) is 10.8 Å². The lowest BCUT2D eigenvalue weighted by Crippen LogP contribution is -2.14. The molecule has 0 aliphatic rings. The third kappa shape index (κ3) is 4.16. The summed E-state index contributed by atoms with van der Waals surface area (Å²) in [5, 5.41) is 4.62. The van der Waals surface area contributed by atoms with Crippen LogP contribution in [0.25, 0.3) is 0 Å². The summed E-state index contributed by atoms with van der Waals surface area (Å²) in [5.74, 6) is 0.0547. The Morgan fingerprint density at radius 2 is 1.88 bits per heavy atom. The Kier molecular flexibility index (Phi) is 5.14. The second-order valence-corrected chi connectivity index (χ2v) is 7.59. The normalized spacial score (nSPS) is 11.0. The quantitative estimate of drug-likeness (QED) is 0.669. The van der Waals surface area contributed by atoms with Gasteiger partial charge in [0.25, 0.3) is 15.9 Å². The Morgan fingerprint density at radius 3 is 2.46 bits per heavy atom. The summed E-state index contributed by atoms with van der Waals surface area (Å²) in [7, 11) is -2.25. The average Bonchev–Trinajstić information content (AvgIpc) is 3.14. The topological polar surface area (TPSA) is 110 Å². The molecule has 10 heteroatoms. The van der Waals surface area contributed by atoms with Gasteiger partial charge in [0.2, 0.25) is 5.88 Å². The van der Waals surface area contributed by atoms with E-state index in [0.717, 1.165) is 0 Å². The van der Waals surface area contributed by atoms with Crippen molar-refractivity contribution in [2.75, 3.05) is 17.1 Å². The predicted octanol–water partition coefficient (Wildman–Crippen LogP) is 2.60. The predicted molar refractivity (Wildman–Crippen MR) is 98.1 cm³/mol. The lowest BCUT2D eigenvalue weighted by molar-refractivity contribution is 0.102. The number of methoxy groups -OCH3 is 1. The average molecular weight is 390 g/mol. The number of hydrogen-bond donors (Lipinski definition) is 2. The number of nitrogens with zero attached hydrogens (tertiary/aromatic N) is 2. The second kappa shape index (κ2) is 7.50. The summed E-state index contributed by atoms with van der Waals surface area (Å²) < 4.78 is 31.9. The number of benzene rings is 1. The van der Waals surface area contributed by atoms with Gasteiger partial charge < -0.3 is 10.1 Å². The van der Waals surface area contributed by atoms with Crippen LogP contribution in [0.15, 0.2) is 59.1 Å². The van der Waals surface area contributed by atoms with Gasteiger partial charge >= 0.3 is 0 Å². The van der Waals surface area contributed by atoms with Gasteiger partial charge in [0.05, 0.1) is 23.9 Å². The Balaban J connectivity index is 1.71. The molecular weight excluding hydrogens is 376 g/mol. The lowest BCUT2D eigenvalue weighted by atomic mass is 10.2. The van der Waals surface area contributed by atoms with Gasteiger partial charge in [0, 0.05) is 23.2 Å². The SMILES string of the molecule is COc1ccc(NC(=O)c2ccc(S(=O)(=O)Nc3nccs3)cc2)cn1. The zero-order valence-electron chi connectivity index (χ0n) is 13.5. The van der Waals surface area contributed by atoms with E-state index >= 15 is 0 Å². The van der Waals surface area contributed by atoms with Crippen LogP contribution in [0, 0.1) is 0 Å². The molecule has 3 aromatic rings. The number of hydrogen-bond acceptors (Lipinski definition) is 7. The lowest BCUT2D eigenvalue weighted by Gasteiger charge is -2.08. The highest BCUT2D eigenvalue weighted by atomic mass is 32.2. The molecule has 1 aromatic carbocycles. The van der Waals surface area contributed by atoms with E-state index in [1.807, 2.05) is 0 Å². The summed E-state index contributed by atoms with van der Waals surface area (Å²) in [6, 6.07) is 8.86. The summed E-state index contributed by atoms with van der Waals surface area (Å²) in [5.41, 5.74) is 0.812. The van der Waals surface area contributed by atoms with Crippen molar-refractivity contribution in [2.45, 2.75) is 4.90 Å². The molecule has 1 amide bonds. The molecule has 0 saturated carbocycles. The minimum atomic E-state index is -3.75. The maximum atomic E-state index is 12.3. The highest BCUT2D eigenvalue weighted by molar-refractivity contribution is 7.93. The van der Waals surface area contributed by atoms with Crippen molar-refractivity contribution >= 4 is 38.1 Å². The highest BCUT2D eigenvalue weighted by Gasteiger charge is 2.16. The minimum absolute atomic E-state index is 0.0374. The molecule has 3 rings (SSSR count). The number of nitrogens with one attached hydrogen (secondary N) is 2. The summed E-state index contributed by atoms with van der Waals surface area (Å²) in [4.78, 5) is 20.2. The zero-order chi connectivity index (χ0) is 18.6. The molecule has 0 aliphatic heterocycles. The number of ether oxygens (including phenoxy) is 1. The second-order valence-electron chi connectivity index (χ2n) is 5.01. The maximum absolute atomic E-state index is 12.3. The molecule has 0 aliphatic carbocycles. The number of aromatic nitrogens is 2. The van der Waals surface area contributed by atoms with E-state index in [1.54, 1.807) is 17.5 Å². The number of anilines is 2. The van der Waals surface area contributed by atoms with Crippen molar-refractivity contribution in [1.29, 1.82) is 0 Å². The van der Waals surface area contributed by atoms with Crippen LogP contribution in [0.1, 0.15) is 10.4 Å². The molecule has 0 radical (unpaired) electrons. The number of rotatable bonds is 6. The van der Waals surface area contributed by atoms with Gasteiger partial charge in [0.1, 0.15) is 0 Å². The van der Waals surface area contributed by atoms with E-state index in [1.165, 1.54) is 55.1 Å². The Bertz CT molecular complexity index is 986. The number of pyridine rings is 1. The van der Waals surface area contributed by atoms with E-state index in [0.29, 0.717) is 17.1 Å². The molecule has 0 fully saturated rings. The first-order valence-electron chi connectivity index (χ1n) is 7.32. The smallest absolute Gasteiger partial charge is 0.263 e. The highest BCUT2D eigenvalue weighted by Crippen LogP contribution is 2.19. The van der Waals surface area contributed by atoms with E-state index in [2.05, 4.69) is 20.0 Å². The van der Waals surface area contributed by atoms with Crippen molar-refractivity contribution in [1.82, 2.24) is 9.97 Å². The third-order valence-electron chi connectivity index (χ3n) is 3.28. The molecule has 0 saturated heterocycles. The van der Waals surface area contributed by atoms with Crippen LogP contribution in [0.2, 0.25) is 0 Å². The molecule has 8 nitrogen and oxygen atoms in total. The standard InChI is InChI=1S/C16H14N4O4S2/c1-24-14-7-4-12(10-18-14)19-15(21)11-2-5-13(6-3-11)26(22,23)20-16-17-8-9-25-16/h2-10H,1H3,(H,17,20)(H,19,21). The molecule has 0 spiro atoms. The van der Waals surface area contributed by atoms with Crippen molar-refractivity contribution in [3.63, 3.8) is 0 Å². The molecule has 0 bridgehead atoms. The third-order valence-corrected chi connectivity index (χ3v) is 5.46. The fourth-order valence-electron chi connectivity index (χ4n) is 2.01. The summed E-state index contributed by atoms with van der Waals surface area (Å²) >= 11 is 1.18. The first kappa shape index (κ1) is 17.8. The van der Waals surface area contributed by atoms with Crippen molar-refractivity contribution < 1.29 is 17.9 Å². The molecule has 2 heterocycles. The molecule has 2 N–H and O–H groups in total. The summed E-state index contributed by atoms with van der Waals surface area (Å²) in [6.07, 6.45) is 2.97. The van der Waals surface area contributed by atoms with Gasteiger partial charge in [-0.2, -0.15) is 0 Å². The monoisotopic (exact) mass is 390 g/mol. The van der Waals surface area contributed by atoms with E-state index in [-0.39, 0.29) is 15.9 Å². The molecule has 0 unspecified atom stereocenters. The number of sulfonamides is 1. The van der Waals surface area contributed by atoms with Gasteiger partial charge in [-0.05, 0) is 30.3 Å². The van der Waals surface area contributed by atoms with Gasteiger partial charge in [-0.3, -0.25) is 9.52 Å². The van der Waals surface area contributed by atoms with Gasteiger partial charge in [-0.25, -0.2) is 18.4 Å². The van der Waals surface area contributed by atoms with Gasteiger partial charge in [-0.1, -0.05) is 0 Å². The van der Waals surface area contributed by atoms with Crippen LogP contribution in [-0.2, 0) is 10.0 Å². The Hall–Kier alpha value is -2.98. The fraction of sp³-hybridized carbons (Fsp3) is 0.0625. The molecule has 2 aromatic heterocycles. The molecule has 26 heavy (non-hydrogen) atoms. The van der Waals surface area contributed by atoms with Gasteiger partial charge in [0.15, 0.2) is 5.13 Å². The number of amides is 1. The molecule has 134 valence electrons. The number of carbonyl (C=O) groups excluding carboxylic acids is 1. The summed E-state index contributed by atoms with van der Waals surface area (Å²) in [6.45, 7) is 0. The van der Waals surface area contributed by atoms with Crippen LogP contribution in [0.3, 0.4) is 0 Å². The van der Waals surface area contributed by atoms with Crippen molar-refractivity contribution in [3.05, 3.63) is 59.7 Å². The van der Waals surface area contributed by atoms with E-state index < -0.39 is 10.0 Å². The number of thiazole rings is 1. The Labute approximate surface area is 153 Å². The zero-order valence-corrected chi connectivity index (χ0v) is 15.2. The first-order valence-corrected chi connectivity index (χ1v) is 9.68. The number of carbonyl (C=O) groups is 1. The van der Waals surface area contributed by atoms with Crippen LogP contribution in [-0.4, -0.2) is 31.4 Å². The molecular formula is C16H14N4O4S2. The fourth-order valence-corrected chi connectivity index (χ4v) is 3.80. The van der Waals surface area contributed by atoms with Crippen molar-refractivity contribution in [2.24, 2.45) is 0 Å². The van der Waals surface area contributed by atoms with Crippen LogP contribution in [0.5, 0.6) is 5.88 Å². The van der Waals surface area contributed by atoms with Gasteiger partial charge in [-0.15, -0.1) is 11.3 Å². The van der Waals surface area contributed by atoms with Crippen LogP contribution >= 0.6 is 11.3 Å². The van der Waals surface area contributed by atoms with E-state index in [4.69, 9.17) is 4.74 Å². The molecule has 0 atom stereocenters. The Morgan fingerprint density at radius 1 is 1.12 bits per heavy atom. The minimum Gasteiger partial charge on any atom is -0.481 e. The maximum Gasteiger partial charge on any atom is 0.263 e. The van der Waals surface area contributed by atoms with Crippen molar-refractivity contribution in [3.8, 4) is 5.88 Å². The largest absolute Gasteiger partial charge is 0.481 e.